The van der Waals surface area contributed by atoms with Gasteiger partial charge in [-0.05, 0) is 53.4 Å². The van der Waals surface area contributed by atoms with Crippen LogP contribution in [0, 0.1) is 18.6 Å². The fraction of sp³-hybridized carbons (Fsp3) is 0.136. The summed E-state index contributed by atoms with van der Waals surface area (Å²) in [6.07, 6.45) is 0. The Morgan fingerprint density at radius 2 is 1.66 bits per heavy atom. The molecule has 3 rings (SSSR count). The van der Waals surface area contributed by atoms with E-state index in [9.17, 15) is 22.0 Å². The van der Waals surface area contributed by atoms with E-state index >= 15 is 0 Å². The second kappa shape index (κ2) is 8.63. The van der Waals surface area contributed by atoms with Crippen LogP contribution in [0.15, 0.2) is 66.7 Å². The zero-order chi connectivity index (χ0) is 21.0. The first-order valence-corrected chi connectivity index (χ1v) is 10.5. The fourth-order valence-electron chi connectivity index (χ4n) is 2.94. The minimum absolute atomic E-state index is 0.183. The van der Waals surface area contributed by atoms with Crippen LogP contribution in [0.3, 0.4) is 0 Å². The van der Waals surface area contributed by atoms with Gasteiger partial charge >= 0.3 is 0 Å². The third-order valence-electron chi connectivity index (χ3n) is 4.36. The fourth-order valence-corrected chi connectivity index (χ4v) is 4.01. The quantitative estimate of drug-likeness (QED) is 0.587. The minimum atomic E-state index is -3.90. The number of benzene rings is 3. The summed E-state index contributed by atoms with van der Waals surface area (Å²) in [6, 6.07) is 17.4. The SMILES string of the molecule is Cc1cc(-c2ccccc2)cc(C(=O)CNS(=O)(=O)Cc2cccc(F)c2)c1F. The van der Waals surface area contributed by atoms with Crippen molar-refractivity contribution >= 4 is 15.8 Å². The highest BCUT2D eigenvalue weighted by molar-refractivity contribution is 7.88. The van der Waals surface area contributed by atoms with Gasteiger partial charge in [-0.3, -0.25) is 4.79 Å². The lowest BCUT2D eigenvalue weighted by molar-refractivity contribution is 0.0993. The standard InChI is InChI=1S/C22H19F2NO3S/c1-15-10-18(17-7-3-2-4-8-17)12-20(22(15)24)21(26)13-25-29(27,28)14-16-6-5-9-19(23)11-16/h2-12,25H,13-14H2,1H3. The van der Waals surface area contributed by atoms with Crippen LogP contribution in [-0.4, -0.2) is 20.7 Å². The number of halogens is 2. The molecule has 4 nitrogen and oxygen atoms in total. The van der Waals surface area contributed by atoms with Crippen molar-refractivity contribution in [3.63, 3.8) is 0 Å². The summed E-state index contributed by atoms with van der Waals surface area (Å²) < 4.78 is 54.3. The molecule has 1 N–H and O–H groups in total. The summed E-state index contributed by atoms with van der Waals surface area (Å²) in [5.41, 5.74) is 1.83. The zero-order valence-electron chi connectivity index (χ0n) is 15.7. The van der Waals surface area contributed by atoms with Crippen LogP contribution in [0.4, 0.5) is 8.78 Å². The number of rotatable bonds is 7. The van der Waals surface area contributed by atoms with Gasteiger partial charge in [-0.2, -0.15) is 0 Å². The van der Waals surface area contributed by atoms with Crippen molar-refractivity contribution in [3.05, 3.63) is 95.1 Å². The molecular weight excluding hydrogens is 396 g/mol. The third-order valence-corrected chi connectivity index (χ3v) is 5.66. The van der Waals surface area contributed by atoms with E-state index in [2.05, 4.69) is 4.72 Å². The van der Waals surface area contributed by atoms with Crippen molar-refractivity contribution < 1.29 is 22.0 Å². The van der Waals surface area contributed by atoms with Crippen molar-refractivity contribution in [2.24, 2.45) is 0 Å². The molecule has 0 atom stereocenters. The maximum atomic E-state index is 14.5. The highest BCUT2D eigenvalue weighted by Crippen LogP contribution is 2.25. The lowest BCUT2D eigenvalue weighted by Crippen LogP contribution is -2.31. The maximum absolute atomic E-state index is 14.5. The van der Waals surface area contributed by atoms with E-state index in [1.807, 2.05) is 30.3 Å². The minimum Gasteiger partial charge on any atom is -0.293 e. The van der Waals surface area contributed by atoms with Gasteiger partial charge in [0.25, 0.3) is 0 Å². The van der Waals surface area contributed by atoms with E-state index in [0.717, 1.165) is 11.6 Å². The van der Waals surface area contributed by atoms with E-state index < -0.39 is 39.7 Å². The molecule has 0 aliphatic rings. The molecule has 0 unspecified atom stereocenters. The Balaban J connectivity index is 1.77. The Morgan fingerprint density at radius 3 is 2.34 bits per heavy atom. The molecule has 150 valence electrons. The van der Waals surface area contributed by atoms with Gasteiger partial charge < -0.3 is 0 Å². The summed E-state index contributed by atoms with van der Waals surface area (Å²) in [7, 11) is -3.90. The largest absolute Gasteiger partial charge is 0.293 e. The van der Waals surface area contributed by atoms with E-state index in [1.165, 1.54) is 24.3 Å². The molecule has 0 radical (unpaired) electrons. The Bertz CT molecular complexity index is 1150. The summed E-state index contributed by atoms with van der Waals surface area (Å²) in [4.78, 5) is 12.5. The lowest BCUT2D eigenvalue weighted by atomic mass is 9.98. The van der Waals surface area contributed by atoms with Crippen molar-refractivity contribution in [1.82, 2.24) is 4.72 Å². The first kappa shape index (κ1) is 20.8. The number of Topliss-reactive ketones (excluding diaryl/α,β-unsaturated/α-hetero) is 1. The van der Waals surface area contributed by atoms with Crippen LogP contribution in [0.5, 0.6) is 0 Å². The predicted octanol–water partition coefficient (Wildman–Crippen LogP) is 4.24. The highest BCUT2D eigenvalue weighted by atomic mass is 32.2. The average Bonchev–Trinajstić information content (AvgIpc) is 2.68. The number of sulfonamides is 1. The molecule has 7 heteroatoms. The van der Waals surface area contributed by atoms with Gasteiger partial charge in [0, 0.05) is 0 Å². The Morgan fingerprint density at radius 1 is 0.931 bits per heavy atom. The zero-order valence-corrected chi connectivity index (χ0v) is 16.5. The van der Waals surface area contributed by atoms with Gasteiger partial charge in [-0.25, -0.2) is 21.9 Å². The normalized spacial score (nSPS) is 11.4. The second-order valence-electron chi connectivity index (χ2n) is 6.65. The third kappa shape index (κ3) is 5.34. The molecule has 0 bridgehead atoms. The Kier molecular flexibility index (Phi) is 6.20. The molecule has 0 spiro atoms. The van der Waals surface area contributed by atoms with E-state index in [1.54, 1.807) is 13.0 Å². The first-order chi connectivity index (χ1) is 13.7. The highest BCUT2D eigenvalue weighted by Gasteiger charge is 2.19. The van der Waals surface area contributed by atoms with Gasteiger partial charge in [0.2, 0.25) is 10.0 Å². The molecule has 0 aromatic heterocycles. The van der Waals surface area contributed by atoms with Gasteiger partial charge in [-0.15, -0.1) is 0 Å². The maximum Gasteiger partial charge on any atom is 0.216 e. The monoisotopic (exact) mass is 415 g/mol. The molecule has 3 aromatic rings. The van der Waals surface area contributed by atoms with Crippen LogP contribution >= 0.6 is 0 Å². The van der Waals surface area contributed by atoms with E-state index in [-0.39, 0.29) is 16.7 Å². The molecular formula is C22H19F2NO3S. The topological polar surface area (TPSA) is 63.2 Å². The van der Waals surface area contributed by atoms with Crippen molar-refractivity contribution in [2.75, 3.05) is 6.54 Å². The number of carbonyl (C=O) groups is 1. The van der Waals surface area contributed by atoms with Crippen LogP contribution in [0.2, 0.25) is 0 Å². The number of hydrogen-bond acceptors (Lipinski definition) is 3. The molecule has 0 heterocycles. The first-order valence-electron chi connectivity index (χ1n) is 8.86. The Labute approximate surface area is 168 Å². The molecule has 0 saturated heterocycles. The molecule has 0 aliphatic carbocycles. The summed E-state index contributed by atoms with van der Waals surface area (Å²) in [6.45, 7) is 0.957. The van der Waals surface area contributed by atoms with Crippen LogP contribution in [0.25, 0.3) is 11.1 Å². The summed E-state index contributed by atoms with van der Waals surface area (Å²) in [5, 5.41) is 0. The summed E-state index contributed by atoms with van der Waals surface area (Å²) >= 11 is 0. The molecule has 0 aliphatic heterocycles. The summed E-state index contributed by atoms with van der Waals surface area (Å²) in [5.74, 6) is -2.40. The van der Waals surface area contributed by atoms with Crippen molar-refractivity contribution in [2.45, 2.75) is 12.7 Å². The molecule has 0 amide bonds. The number of ketones is 1. The van der Waals surface area contributed by atoms with Crippen LogP contribution in [-0.2, 0) is 15.8 Å². The molecule has 29 heavy (non-hydrogen) atoms. The van der Waals surface area contributed by atoms with Gasteiger partial charge in [0.15, 0.2) is 5.78 Å². The molecule has 0 fully saturated rings. The molecule has 0 saturated carbocycles. The van der Waals surface area contributed by atoms with Gasteiger partial charge in [0.05, 0.1) is 17.9 Å². The molecule has 3 aromatic carbocycles. The smallest absolute Gasteiger partial charge is 0.216 e. The van der Waals surface area contributed by atoms with Gasteiger partial charge in [-0.1, -0.05) is 42.5 Å². The number of hydrogen-bond donors (Lipinski definition) is 1. The lowest BCUT2D eigenvalue weighted by Gasteiger charge is -2.11. The second-order valence-corrected chi connectivity index (χ2v) is 8.46. The van der Waals surface area contributed by atoms with Crippen molar-refractivity contribution in [3.8, 4) is 11.1 Å². The van der Waals surface area contributed by atoms with E-state index in [0.29, 0.717) is 5.56 Å². The van der Waals surface area contributed by atoms with Gasteiger partial charge in [0.1, 0.15) is 11.6 Å². The van der Waals surface area contributed by atoms with Crippen LogP contribution in [0.1, 0.15) is 21.5 Å². The average molecular weight is 415 g/mol. The predicted molar refractivity (Wildman–Crippen MR) is 108 cm³/mol. The Hall–Kier alpha value is -2.90. The number of aryl methyl sites for hydroxylation is 1. The van der Waals surface area contributed by atoms with Crippen molar-refractivity contribution in [1.29, 1.82) is 0 Å². The number of carbonyl (C=O) groups excluding carboxylic acids is 1. The number of nitrogens with one attached hydrogen (secondary N) is 1. The van der Waals surface area contributed by atoms with Crippen LogP contribution < -0.4 is 4.72 Å². The van der Waals surface area contributed by atoms with E-state index in [4.69, 9.17) is 0 Å².